The van der Waals surface area contributed by atoms with Crippen LogP contribution >= 0.6 is 0 Å². The molecule has 0 saturated heterocycles. The molecule has 2 aliphatic rings. The molecule has 0 heterocycles. The van der Waals surface area contributed by atoms with Gasteiger partial charge in [0.2, 0.25) is 0 Å². The van der Waals surface area contributed by atoms with Gasteiger partial charge in [-0.05, 0) is 55.7 Å². The molecule has 2 N–H and O–H groups in total. The van der Waals surface area contributed by atoms with Gasteiger partial charge in [0.25, 0.3) is 0 Å². The fourth-order valence-electron chi connectivity index (χ4n) is 4.95. The first-order chi connectivity index (χ1) is 14.0. The summed E-state index contributed by atoms with van der Waals surface area (Å²) >= 11 is 0. The molecule has 2 bridgehead atoms. The number of aliphatic carboxylic acids is 2. The number of rotatable bonds is 7. The molecule has 0 radical (unpaired) electrons. The highest BCUT2D eigenvalue weighted by molar-refractivity contribution is 5.89. The Morgan fingerprint density at radius 2 is 1.70 bits per heavy atom. The molecule has 30 heavy (non-hydrogen) atoms. The molecular formula is C24H35NO5. The van der Waals surface area contributed by atoms with E-state index < -0.39 is 11.9 Å². The Bertz CT molecular complexity index is 742. The van der Waals surface area contributed by atoms with Crippen LogP contribution in [0, 0.1) is 16.7 Å². The molecule has 0 amide bonds. The predicted molar refractivity (Wildman–Crippen MR) is 116 cm³/mol. The van der Waals surface area contributed by atoms with Crippen LogP contribution in [0.2, 0.25) is 0 Å². The molecule has 2 saturated carbocycles. The average molecular weight is 418 g/mol. The Morgan fingerprint density at radius 1 is 1.13 bits per heavy atom. The maximum Gasteiger partial charge on any atom is 0.328 e. The van der Waals surface area contributed by atoms with Gasteiger partial charge in [0.15, 0.2) is 0 Å². The number of benzene rings is 1. The van der Waals surface area contributed by atoms with Crippen molar-refractivity contribution in [2.45, 2.75) is 52.2 Å². The van der Waals surface area contributed by atoms with Crippen LogP contribution in [0.1, 0.15) is 51.6 Å². The molecule has 0 aromatic heterocycles. The van der Waals surface area contributed by atoms with Gasteiger partial charge in [0.05, 0.1) is 18.8 Å². The zero-order chi connectivity index (χ0) is 22.5. The first-order valence-corrected chi connectivity index (χ1v) is 10.5. The molecule has 2 aliphatic carbocycles. The summed E-state index contributed by atoms with van der Waals surface area (Å²) < 4.78 is 6.51. The summed E-state index contributed by atoms with van der Waals surface area (Å²) in [7, 11) is 4.29. The average Bonchev–Trinajstić information content (AvgIpc) is 3.01. The van der Waals surface area contributed by atoms with Crippen molar-refractivity contribution in [3.8, 4) is 0 Å². The molecule has 166 valence electrons. The first-order valence-electron chi connectivity index (χ1n) is 10.5. The third-order valence-electron chi connectivity index (χ3n) is 7.35. The second kappa shape index (κ2) is 9.75. The minimum absolute atomic E-state index is 0.340. The van der Waals surface area contributed by atoms with Crippen molar-refractivity contribution in [1.29, 1.82) is 0 Å². The van der Waals surface area contributed by atoms with Crippen molar-refractivity contribution in [3.05, 3.63) is 48.0 Å². The number of hydrogen-bond donors (Lipinski definition) is 2. The largest absolute Gasteiger partial charge is 0.478 e. The van der Waals surface area contributed by atoms with Crippen LogP contribution in [0.4, 0.5) is 0 Å². The van der Waals surface area contributed by atoms with Gasteiger partial charge in [0, 0.05) is 12.2 Å². The topological polar surface area (TPSA) is 87.1 Å². The first kappa shape index (κ1) is 24.1. The smallest absolute Gasteiger partial charge is 0.328 e. The van der Waals surface area contributed by atoms with E-state index in [4.69, 9.17) is 14.9 Å². The third kappa shape index (κ3) is 5.29. The van der Waals surface area contributed by atoms with Gasteiger partial charge >= 0.3 is 11.9 Å². The lowest BCUT2D eigenvalue weighted by atomic mass is 9.70. The van der Waals surface area contributed by atoms with Crippen molar-refractivity contribution in [2.75, 3.05) is 20.7 Å². The summed E-state index contributed by atoms with van der Waals surface area (Å²) in [6.07, 6.45) is 5.50. The number of ether oxygens (including phenoxy) is 1. The quantitative estimate of drug-likeness (QED) is 0.646. The van der Waals surface area contributed by atoms with Gasteiger partial charge in [-0.3, -0.25) is 0 Å². The van der Waals surface area contributed by atoms with Gasteiger partial charge in [0.1, 0.15) is 0 Å². The van der Waals surface area contributed by atoms with E-state index in [0.29, 0.717) is 35.1 Å². The van der Waals surface area contributed by atoms with E-state index in [2.05, 4.69) is 70.1 Å². The normalized spacial score (nSPS) is 27.7. The highest BCUT2D eigenvalue weighted by atomic mass is 16.5. The van der Waals surface area contributed by atoms with E-state index in [-0.39, 0.29) is 0 Å². The van der Waals surface area contributed by atoms with Crippen LogP contribution in [0.5, 0.6) is 0 Å². The van der Waals surface area contributed by atoms with Crippen LogP contribution in [0.15, 0.2) is 42.5 Å². The maximum absolute atomic E-state index is 9.55. The fraction of sp³-hybridized carbons (Fsp3) is 0.583. The summed E-state index contributed by atoms with van der Waals surface area (Å²) in [6, 6.07) is 11.1. The lowest BCUT2D eigenvalue weighted by molar-refractivity contribution is -0.134. The van der Waals surface area contributed by atoms with Crippen LogP contribution in [0.25, 0.3) is 0 Å². The molecule has 1 unspecified atom stereocenters. The monoisotopic (exact) mass is 417 g/mol. The molecule has 3 rings (SSSR count). The van der Waals surface area contributed by atoms with Crippen LogP contribution in [-0.2, 0) is 14.3 Å². The van der Waals surface area contributed by atoms with Crippen LogP contribution in [0.3, 0.4) is 0 Å². The van der Waals surface area contributed by atoms with Crippen molar-refractivity contribution in [2.24, 2.45) is 16.7 Å². The van der Waals surface area contributed by atoms with Crippen molar-refractivity contribution in [3.63, 3.8) is 0 Å². The molecule has 6 heteroatoms. The number of hydrogen-bond acceptors (Lipinski definition) is 4. The maximum atomic E-state index is 9.55. The van der Waals surface area contributed by atoms with Gasteiger partial charge in [-0.15, -0.1) is 0 Å². The zero-order valence-corrected chi connectivity index (χ0v) is 18.7. The summed E-state index contributed by atoms with van der Waals surface area (Å²) in [5.41, 5.74) is 2.13. The second-order valence-electron chi connectivity index (χ2n) is 9.33. The summed E-state index contributed by atoms with van der Waals surface area (Å²) in [4.78, 5) is 21.4. The third-order valence-corrected chi connectivity index (χ3v) is 7.35. The molecule has 1 aromatic rings. The predicted octanol–water partition coefficient (Wildman–Crippen LogP) is 4.23. The number of fused-ring (bicyclic) bond motifs is 2. The second-order valence-corrected chi connectivity index (χ2v) is 9.33. The van der Waals surface area contributed by atoms with Crippen molar-refractivity contribution >= 4 is 11.9 Å². The highest BCUT2D eigenvalue weighted by Gasteiger charge is 2.61. The van der Waals surface area contributed by atoms with Gasteiger partial charge < -0.3 is 19.8 Å². The van der Waals surface area contributed by atoms with E-state index in [0.717, 1.165) is 12.5 Å². The van der Waals surface area contributed by atoms with Crippen LogP contribution in [-0.4, -0.2) is 53.9 Å². The number of nitrogens with zero attached hydrogens (tertiary/aromatic N) is 1. The van der Waals surface area contributed by atoms with E-state index in [1.165, 1.54) is 24.8 Å². The number of likely N-dealkylation sites (N-methyl/N-ethyl adjacent to an activating group) is 1. The summed E-state index contributed by atoms with van der Waals surface area (Å²) in [5.74, 6) is -1.67. The molecule has 0 spiro atoms. The molecule has 0 aliphatic heterocycles. The minimum atomic E-state index is -1.26. The Morgan fingerprint density at radius 3 is 2.10 bits per heavy atom. The fourth-order valence-corrected chi connectivity index (χ4v) is 4.95. The lowest BCUT2D eigenvalue weighted by Crippen LogP contribution is -2.38. The number of carboxylic acids is 2. The number of carbonyl (C=O) groups is 2. The van der Waals surface area contributed by atoms with Gasteiger partial charge in [-0.1, -0.05) is 51.1 Å². The number of carboxylic acid groups (broad SMARTS) is 2. The summed E-state index contributed by atoms with van der Waals surface area (Å²) in [6.45, 7) is 8.15. The van der Waals surface area contributed by atoms with Crippen LogP contribution < -0.4 is 0 Å². The molecule has 4 atom stereocenters. The molecule has 1 aromatic carbocycles. The Labute approximate surface area is 179 Å². The highest BCUT2D eigenvalue weighted by Crippen LogP contribution is 2.66. The molecular weight excluding hydrogens is 382 g/mol. The summed E-state index contributed by atoms with van der Waals surface area (Å²) in [5, 5.41) is 15.6. The molecule has 6 nitrogen and oxygen atoms in total. The Balaban J connectivity index is 0.000000343. The van der Waals surface area contributed by atoms with Gasteiger partial charge in [-0.2, -0.15) is 0 Å². The van der Waals surface area contributed by atoms with E-state index >= 15 is 0 Å². The minimum Gasteiger partial charge on any atom is -0.478 e. The Hall–Kier alpha value is -2.18. The van der Waals surface area contributed by atoms with E-state index in [9.17, 15) is 9.59 Å². The van der Waals surface area contributed by atoms with E-state index in [1.54, 1.807) is 0 Å². The molecule has 2 fully saturated rings. The standard InChI is InChI=1S/C20H31NO.C4H4O4/c1-19(2)16-11-12-20(19,3)18(13-16)22-14-17(21(4)5)15-9-7-6-8-10-15;5-3(6)1-2-4(7)8/h6-10,16-18H,11-14H2,1-5H3;1-2H,(H,5,6)(H,7,8)/b;2-1+/t16-,17?,18+,20+;/m1./s1. The SMILES string of the molecule is CN(C)C(CO[C@H]1C[C@H]2CC[C@]1(C)C2(C)C)c1ccccc1.O=C(O)/C=C/C(=O)O. The zero-order valence-electron chi connectivity index (χ0n) is 18.7. The van der Waals surface area contributed by atoms with E-state index in [1.807, 2.05) is 0 Å². The van der Waals surface area contributed by atoms with Crippen molar-refractivity contribution in [1.82, 2.24) is 4.90 Å². The lowest BCUT2D eigenvalue weighted by Gasteiger charge is -2.39. The van der Waals surface area contributed by atoms with Crippen molar-refractivity contribution < 1.29 is 24.5 Å². The van der Waals surface area contributed by atoms with Gasteiger partial charge in [-0.25, -0.2) is 9.59 Å². The Kier molecular flexibility index (Phi) is 7.83.